The van der Waals surface area contributed by atoms with Crippen LogP contribution in [0.3, 0.4) is 0 Å². The van der Waals surface area contributed by atoms with Crippen molar-refractivity contribution in [2.75, 3.05) is 18.1 Å². The van der Waals surface area contributed by atoms with E-state index in [1.54, 1.807) is 53.4 Å². The molecule has 3 amide bonds. The van der Waals surface area contributed by atoms with Gasteiger partial charge in [0.2, 0.25) is 0 Å². The molecule has 3 aromatic carbocycles. The first-order valence-electron chi connectivity index (χ1n) is 10.6. The summed E-state index contributed by atoms with van der Waals surface area (Å²) in [6.45, 7) is 0.234. The topological polar surface area (TPSA) is 84.0 Å². The first-order valence-corrected chi connectivity index (χ1v) is 10.6. The molecule has 164 valence electrons. The molecule has 3 aromatic rings. The zero-order chi connectivity index (χ0) is 22.9. The average molecular weight is 440 g/mol. The highest BCUT2D eigenvalue weighted by molar-refractivity contribution is 6.21. The van der Waals surface area contributed by atoms with Crippen LogP contribution in [0.1, 0.15) is 42.2 Å². The first-order chi connectivity index (χ1) is 16.0. The number of carbonyl (C=O) groups excluding carboxylic acids is 4. The van der Waals surface area contributed by atoms with Gasteiger partial charge in [-0.25, -0.2) is 4.79 Å². The summed E-state index contributed by atoms with van der Waals surface area (Å²) in [5.74, 6) is -1.64. The number of fused-ring (bicyclic) bond motifs is 2. The summed E-state index contributed by atoms with van der Waals surface area (Å²) in [6, 6.07) is 20.9. The molecule has 7 heteroatoms. The van der Waals surface area contributed by atoms with Gasteiger partial charge in [-0.15, -0.1) is 0 Å². The Morgan fingerprint density at radius 1 is 0.848 bits per heavy atom. The Hall–Kier alpha value is -4.26. The number of imide groups is 1. The molecule has 0 unspecified atom stereocenters. The highest BCUT2D eigenvalue weighted by atomic mass is 16.5. The smallest absolute Gasteiger partial charge is 0.338 e. The van der Waals surface area contributed by atoms with Gasteiger partial charge in [-0.2, -0.15) is 0 Å². The third-order valence-electron chi connectivity index (χ3n) is 5.90. The molecule has 0 fully saturated rings. The molecule has 0 saturated heterocycles. The van der Waals surface area contributed by atoms with Gasteiger partial charge in [-0.1, -0.05) is 42.5 Å². The molecule has 0 atom stereocenters. The average Bonchev–Trinajstić information content (AvgIpc) is 3.38. The van der Waals surface area contributed by atoms with Gasteiger partial charge in [-0.05, 0) is 47.9 Å². The molecule has 2 heterocycles. The van der Waals surface area contributed by atoms with Gasteiger partial charge in [0.1, 0.15) is 0 Å². The fraction of sp³-hybridized carbons (Fsp3) is 0.154. The number of amides is 3. The molecule has 0 spiro atoms. The number of ether oxygens (including phenoxy) is 1. The van der Waals surface area contributed by atoms with Gasteiger partial charge >= 0.3 is 5.97 Å². The molecule has 0 bridgehead atoms. The summed E-state index contributed by atoms with van der Waals surface area (Å²) in [7, 11) is 0. The van der Waals surface area contributed by atoms with Crippen LogP contribution in [-0.2, 0) is 22.5 Å². The van der Waals surface area contributed by atoms with E-state index in [4.69, 9.17) is 4.74 Å². The van der Waals surface area contributed by atoms with Crippen molar-refractivity contribution in [2.45, 2.75) is 13.0 Å². The second-order valence-electron chi connectivity index (χ2n) is 7.94. The number of anilines is 1. The number of nitrogens with zero attached hydrogens (tertiary/aromatic N) is 2. The van der Waals surface area contributed by atoms with Crippen LogP contribution in [0.15, 0.2) is 72.8 Å². The Morgan fingerprint density at radius 3 is 2.30 bits per heavy atom. The van der Waals surface area contributed by atoms with Gasteiger partial charge < -0.3 is 9.64 Å². The summed E-state index contributed by atoms with van der Waals surface area (Å²) in [4.78, 5) is 53.1. The second kappa shape index (κ2) is 8.35. The molecule has 0 radical (unpaired) electrons. The van der Waals surface area contributed by atoms with Crippen molar-refractivity contribution in [1.82, 2.24) is 4.90 Å². The third-order valence-corrected chi connectivity index (χ3v) is 5.90. The van der Waals surface area contributed by atoms with Crippen molar-refractivity contribution < 1.29 is 23.9 Å². The molecule has 2 aliphatic rings. The molecule has 0 saturated carbocycles. The quantitative estimate of drug-likeness (QED) is 0.449. The van der Waals surface area contributed by atoms with Crippen LogP contribution in [0.25, 0.3) is 0 Å². The summed E-state index contributed by atoms with van der Waals surface area (Å²) in [5.41, 5.74) is 3.55. The van der Waals surface area contributed by atoms with Crippen molar-refractivity contribution >= 4 is 29.4 Å². The maximum atomic E-state index is 12.6. The highest BCUT2D eigenvalue weighted by Crippen LogP contribution is 2.27. The monoisotopic (exact) mass is 440 g/mol. The maximum Gasteiger partial charge on any atom is 0.338 e. The normalized spacial score (nSPS) is 14.3. The van der Waals surface area contributed by atoms with Crippen LogP contribution in [0.4, 0.5) is 5.69 Å². The Morgan fingerprint density at radius 2 is 1.55 bits per heavy atom. The summed E-state index contributed by atoms with van der Waals surface area (Å²) < 4.78 is 5.26. The van der Waals surface area contributed by atoms with E-state index in [0.717, 1.165) is 22.6 Å². The lowest BCUT2D eigenvalue weighted by Crippen LogP contribution is -2.33. The number of hydrogen-bond donors (Lipinski definition) is 0. The van der Waals surface area contributed by atoms with Gasteiger partial charge in [0.25, 0.3) is 17.7 Å². The van der Waals surface area contributed by atoms with Crippen LogP contribution in [0.2, 0.25) is 0 Å². The molecular weight excluding hydrogens is 420 g/mol. The molecule has 2 aliphatic heterocycles. The molecule has 0 aromatic heterocycles. The molecule has 33 heavy (non-hydrogen) atoms. The van der Waals surface area contributed by atoms with Crippen molar-refractivity contribution in [3.63, 3.8) is 0 Å². The van der Waals surface area contributed by atoms with Crippen LogP contribution in [0.5, 0.6) is 0 Å². The van der Waals surface area contributed by atoms with Crippen LogP contribution in [-0.4, -0.2) is 41.7 Å². The van der Waals surface area contributed by atoms with Crippen molar-refractivity contribution in [3.05, 3.63) is 101 Å². The van der Waals surface area contributed by atoms with Crippen LogP contribution < -0.4 is 4.90 Å². The number of rotatable bonds is 5. The van der Waals surface area contributed by atoms with E-state index in [2.05, 4.69) is 0 Å². The molecule has 7 nitrogen and oxygen atoms in total. The van der Waals surface area contributed by atoms with Gasteiger partial charge in [-0.3, -0.25) is 19.3 Å². The zero-order valence-electron chi connectivity index (χ0n) is 17.7. The minimum atomic E-state index is -0.639. The van der Waals surface area contributed by atoms with E-state index in [-0.39, 0.29) is 36.4 Å². The van der Waals surface area contributed by atoms with Gasteiger partial charge in [0.05, 0.1) is 23.2 Å². The van der Waals surface area contributed by atoms with Crippen LogP contribution >= 0.6 is 0 Å². The minimum Gasteiger partial charge on any atom is -0.452 e. The lowest BCUT2D eigenvalue weighted by atomic mass is 10.1. The second-order valence-corrected chi connectivity index (χ2v) is 7.94. The summed E-state index contributed by atoms with van der Waals surface area (Å²) in [6.07, 6.45) is 0.774. The van der Waals surface area contributed by atoms with E-state index >= 15 is 0 Å². The molecular formula is C26H20N2O5. The molecule has 0 aliphatic carbocycles. The first kappa shape index (κ1) is 20.6. The van der Waals surface area contributed by atoms with Crippen molar-refractivity contribution in [2.24, 2.45) is 0 Å². The SMILES string of the molecule is O=C(OCC(=O)N1CCc2ccccc21)c1cccc(CN2C(=O)c3ccccc3C2=O)c1. The number of carbonyl (C=O) groups is 4. The van der Waals surface area contributed by atoms with Crippen molar-refractivity contribution in [3.8, 4) is 0 Å². The lowest BCUT2D eigenvalue weighted by Gasteiger charge is -2.17. The number of para-hydroxylation sites is 1. The largest absolute Gasteiger partial charge is 0.452 e. The predicted molar refractivity (Wildman–Crippen MR) is 120 cm³/mol. The fourth-order valence-corrected chi connectivity index (χ4v) is 4.25. The predicted octanol–water partition coefficient (Wildman–Crippen LogP) is 3.23. The summed E-state index contributed by atoms with van der Waals surface area (Å²) >= 11 is 0. The van der Waals surface area contributed by atoms with E-state index in [1.807, 2.05) is 24.3 Å². The Labute approximate surface area is 190 Å². The molecule has 5 rings (SSSR count). The minimum absolute atomic E-state index is 0.0386. The highest BCUT2D eigenvalue weighted by Gasteiger charge is 2.35. The van der Waals surface area contributed by atoms with Gasteiger partial charge in [0, 0.05) is 12.2 Å². The van der Waals surface area contributed by atoms with E-state index in [1.165, 1.54) is 0 Å². The van der Waals surface area contributed by atoms with E-state index in [0.29, 0.717) is 23.2 Å². The lowest BCUT2D eigenvalue weighted by molar-refractivity contribution is -0.121. The number of hydrogen-bond acceptors (Lipinski definition) is 5. The summed E-state index contributed by atoms with van der Waals surface area (Å²) in [5, 5.41) is 0. The standard InChI is InChI=1S/C26H20N2O5/c29-23(27-13-12-18-7-1-4-11-22(18)27)16-33-26(32)19-8-5-6-17(14-19)15-28-24(30)20-9-2-3-10-21(20)25(28)31/h1-11,14H,12-13,15-16H2. The maximum absolute atomic E-state index is 12.6. The number of benzene rings is 3. The van der Waals surface area contributed by atoms with Crippen LogP contribution in [0, 0.1) is 0 Å². The van der Waals surface area contributed by atoms with Crippen molar-refractivity contribution in [1.29, 1.82) is 0 Å². The number of esters is 1. The Balaban J connectivity index is 1.23. The van der Waals surface area contributed by atoms with E-state index in [9.17, 15) is 19.2 Å². The zero-order valence-corrected chi connectivity index (χ0v) is 17.7. The molecule has 0 N–H and O–H groups in total. The fourth-order valence-electron chi connectivity index (χ4n) is 4.25. The third kappa shape index (κ3) is 3.78. The Bertz CT molecular complexity index is 1260. The Kier molecular flexibility index (Phi) is 5.22. The van der Waals surface area contributed by atoms with E-state index < -0.39 is 5.97 Å². The van der Waals surface area contributed by atoms with Gasteiger partial charge in [0.15, 0.2) is 6.61 Å².